The molecule has 2 unspecified atom stereocenters. The summed E-state index contributed by atoms with van der Waals surface area (Å²) in [5, 5.41) is 8.96. The fourth-order valence-corrected chi connectivity index (χ4v) is 2.71. The van der Waals surface area contributed by atoms with Crippen molar-refractivity contribution in [1.29, 1.82) is 0 Å². The number of halogens is 3. The number of alkyl halides is 3. The van der Waals surface area contributed by atoms with Crippen LogP contribution in [-0.4, -0.2) is 72.5 Å². The number of nitrogens with zero attached hydrogens (tertiary/aromatic N) is 2. The molecule has 21 heavy (non-hydrogen) atoms. The number of rotatable bonds is 2. The van der Waals surface area contributed by atoms with Gasteiger partial charge in [0.15, 0.2) is 5.41 Å². The standard InChI is InChI=1S/C12H17F3N2O4/c1-16(8-2-5-21-6-8)10(20)17-4-3-11(7-17,9(18)19)12(13,14)15/h8H,2-7H2,1H3,(H,18,19). The third-order valence-corrected chi connectivity index (χ3v) is 4.25. The van der Waals surface area contributed by atoms with E-state index < -0.39 is 36.6 Å². The topological polar surface area (TPSA) is 70.1 Å². The fourth-order valence-electron chi connectivity index (χ4n) is 2.71. The maximum absolute atomic E-state index is 13.1. The highest BCUT2D eigenvalue weighted by atomic mass is 19.4. The first-order chi connectivity index (χ1) is 9.69. The molecule has 0 aliphatic carbocycles. The summed E-state index contributed by atoms with van der Waals surface area (Å²) in [6.45, 7) is -0.214. The summed E-state index contributed by atoms with van der Waals surface area (Å²) in [6, 6.07) is -0.763. The Bertz CT molecular complexity index is 437. The number of ether oxygens (including phenoxy) is 1. The Labute approximate surface area is 119 Å². The number of carboxylic acid groups (broad SMARTS) is 1. The van der Waals surface area contributed by atoms with Crippen LogP contribution in [0.1, 0.15) is 12.8 Å². The minimum atomic E-state index is -4.89. The second-order valence-electron chi connectivity index (χ2n) is 5.47. The molecule has 0 saturated carbocycles. The van der Waals surface area contributed by atoms with Crippen LogP contribution in [0.4, 0.5) is 18.0 Å². The van der Waals surface area contributed by atoms with E-state index in [2.05, 4.69) is 0 Å². The van der Waals surface area contributed by atoms with Crippen molar-refractivity contribution in [3.8, 4) is 0 Å². The highest BCUT2D eigenvalue weighted by Gasteiger charge is 2.64. The highest BCUT2D eigenvalue weighted by molar-refractivity contribution is 5.80. The summed E-state index contributed by atoms with van der Waals surface area (Å²) in [6.07, 6.45) is -4.88. The average molecular weight is 310 g/mol. The Hall–Kier alpha value is -1.51. The molecule has 6 nitrogen and oxygen atoms in total. The van der Waals surface area contributed by atoms with E-state index in [-0.39, 0.29) is 12.6 Å². The minimum absolute atomic E-state index is 0.178. The fraction of sp³-hybridized carbons (Fsp3) is 0.833. The zero-order valence-electron chi connectivity index (χ0n) is 11.5. The zero-order valence-corrected chi connectivity index (χ0v) is 11.5. The molecule has 2 aliphatic heterocycles. The van der Waals surface area contributed by atoms with Crippen LogP contribution in [0.25, 0.3) is 0 Å². The molecule has 2 atom stereocenters. The summed E-state index contributed by atoms with van der Waals surface area (Å²) in [7, 11) is 1.50. The molecule has 9 heteroatoms. The van der Waals surface area contributed by atoms with Crippen LogP contribution in [0.5, 0.6) is 0 Å². The largest absolute Gasteiger partial charge is 0.481 e. The molecule has 0 radical (unpaired) electrons. The zero-order chi connectivity index (χ0) is 15.8. The number of carbonyl (C=O) groups excluding carboxylic acids is 1. The number of amides is 2. The van der Waals surface area contributed by atoms with Crippen LogP contribution in [0.15, 0.2) is 0 Å². The van der Waals surface area contributed by atoms with E-state index in [9.17, 15) is 22.8 Å². The number of hydrogen-bond acceptors (Lipinski definition) is 3. The van der Waals surface area contributed by atoms with E-state index in [1.807, 2.05) is 0 Å². The number of carboxylic acids is 1. The van der Waals surface area contributed by atoms with Crippen molar-refractivity contribution in [2.75, 3.05) is 33.4 Å². The molecular formula is C12H17F3N2O4. The maximum Gasteiger partial charge on any atom is 0.406 e. The molecule has 0 bridgehead atoms. The van der Waals surface area contributed by atoms with Gasteiger partial charge in [-0.25, -0.2) is 4.79 Å². The number of hydrogen-bond donors (Lipinski definition) is 1. The SMILES string of the molecule is CN(C(=O)N1CCC(C(=O)O)(C(F)(F)F)C1)C1CCOC1. The molecule has 120 valence electrons. The van der Waals surface area contributed by atoms with Crippen molar-refractivity contribution in [2.45, 2.75) is 25.1 Å². The van der Waals surface area contributed by atoms with Crippen molar-refractivity contribution < 1.29 is 32.6 Å². The second kappa shape index (κ2) is 5.36. The van der Waals surface area contributed by atoms with Gasteiger partial charge in [0, 0.05) is 26.7 Å². The number of urea groups is 1. The van der Waals surface area contributed by atoms with E-state index in [0.29, 0.717) is 19.6 Å². The Balaban J connectivity index is 2.10. The van der Waals surface area contributed by atoms with Crippen LogP contribution in [0.3, 0.4) is 0 Å². The second-order valence-corrected chi connectivity index (χ2v) is 5.47. The predicted octanol–water partition coefficient (Wildman–Crippen LogP) is 1.17. The third kappa shape index (κ3) is 2.66. The monoisotopic (exact) mass is 310 g/mol. The van der Waals surface area contributed by atoms with Crippen LogP contribution in [0.2, 0.25) is 0 Å². The Morgan fingerprint density at radius 2 is 2.10 bits per heavy atom. The molecule has 2 aliphatic rings. The molecule has 0 aromatic carbocycles. The van der Waals surface area contributed by atoms with E-state index in [0.717, 1.165) is 4.90 Å². The van der Waals surface area contributed by atoms with Gasteiger partial charge in [0.25, 0.3) is 0 Å². The number of aliphatic carboxylic acids is 1. The van der Waals surface area contributed by atoms with E-state index in [1.54, 1.807) is 0 Å². The lowest BCUT2D eigenvalue weighted by atomic mass is 9.86. The van der Waals surface area contributed by atoms with Crippen molar-refractivity contribution in [2.24, 2.45) is 5.41 Å². The molecular weight excluding hydrogens is 293 g/mol. The van der Waals surface area contributed by atoms with Crippen molar-refractivity contribution >= 4 is 12.0 Å². The quantitative estimate of drug-likeness (QED) is 0.831. The van der Waals surface area contributed by atoms with Gasteiger partial charge in [-0.2, -0.15) is 13.2 Å². The van der Waals surface area contributed by atoms with Gasteiger partial charge < -0.3 is 19.6 Å². The van der Waals surface area contributed by atoms with Gasteiger partial charge in [-0.05, 0) is 12.8 Å². The first-order valence-corrected chi connectivity index (χ1v) is 6.58. The van der Waals surface area contributed by atoms with Gasteiger partial charge in [-0.15, -0.1) is 0 Å². The van der Waals surface area contributed by atoms with Gasteiger partial charge in [-0.3, -0.25) is 4.79 Å². The third-order valence-electron chi connectivity index (χ3n) is 4.25. The molecule has 2 rings (SSSR count). The molecule has 0 aromatic heterocycles. The van der Waals surface area contributed by atoms with Gasteiger partial charge in [0.2, 0.25) is 0 Å². The van der Waals surface area contributed by atoms with Crippen molar-refractivity contribution in [3.63, 3.8) is 0 Å². The maximum atomic E-state index is 13.1. The van der Waals surface area contributed by atoms with Crippen LogP contribution in [0, 0.1) is 5.41 Å². The van der Waals surface area contributed by atoms with Crippen LogP contribution in [-0.2, 0) is 9.53 Å². The summed E-state index contributed by atoms with van der Waals surface area (Å²) < 4.78 is 44.3. The van der Waals surface area contributed by atoms with E-state index in [1.165, 1.54) is 11.9 Å². The van der Waals surface area contributed by atoms with Crippen LogP contribution < -0.4 is 0 Å². The molecule has 0 spiro atoms. The summed E-state index contributed by atoms with van der Waals surface area (Å²) in [4.78, 5) is 25.6. The Kier molecular flexibility index (Phi) is 4.05. The average Bonchev–Trinajstić information content (AvgIpc) is 3.05. The number of likely N-dealkylation sites (N-methyl/N-ethyl adjacent to an activating group) is 1. The smallest absolute Gasteiger partial charge is 0.406 e. The molecule has 2 amide bonds. The predicted molar refractivity (Wildman–Crippen MR) is 64.7 cm³/mol. The van der Waals surface area contributed by atoms with E-state index in [4.69, 9.17) is 9.84 Å². The molecule has 2 saturated heterocycles. The highest BCUT2D eigenvalue weighted by Crippen LogP contribution is 2.45. The van der Waals surface area contributed by atoms with E-state index >= 15 is 0 Å². The lowest BCUT2D eigenvalue weighted by molar-refractivity contribution is -0.227. The first-order valence-electron chi connectivity index (χ1n) is 6.58. The lowest BCUT2D eigenvalue weighted by Crippen LogP contribution is -2.50. The molecule has 2 heterocycles. The minimum Gasteiger partial charge on any atom is -0.481 e. The summed E-state index contributed by atoms with van der Waals surface area (Å²) >= 11 is 0. The Morgan fingerprint density at radius 1 is 1.43 bits per heavy atom. The molecule has 1 N–H and O–H groups in total. The first kappa shape index (κ1) is 15.9. The van der Waals surface area contributed by atoms with Crippen LogP contribution >= 0.6 is 0 Å². The molecule has 2 fully saturated rings. The Morgan fingerprint density at radius 3 is 2.52 bits per heavy atom. The lowest BCUT2D eigenvalue weighted by Gasteiger charge is -2.30. The normalized spacial score (nSPS) is 29.7. The van der Waals surface area contributed by atoms with Gasteiger partial charge in [0.05, 0.1) is 12.6 Å². The summed E-state index contributed by atoms with van der Waals surface area (Å²) in [5.41, 5.74) is -2.87. The van der Waals surface area contributed by atoms with Crippen molar-refractivity contribution in [3.05, 3.63) is 0 Å². The van der Waals surface area contributed by atoms with Gasteiger partial charge in [-0.1, -0.05) is 0 Å². The summed E-state index contributed by atoms with van der Waals surface area (Å²) in [5.74, 6) is -1.93. The number of likely N-dealkylation sites (tertiary alicyclic amines) is 1. The number of carbonyl (C=O) groups is 2. The van der Waals surface area contributed by atoms with Gasteiger partial charge >= 0.3 is 18.2 Å². The molecule has 0 aromatic rings. The van der Waals surface area contributed by atoms with Crippen molar-refractivity contribution in [1.82, 2.24) is 9.80 Å². The van der Waals surface area contributed by atoms with Gasteiger partial charge in [0.1, 0.15) is 0 Å².